The summed E-state index contributed by atoms with van der Waals surface area (Å²) in [7, 11) is 1.61. The van der Waals surface area contributed by atoms with Gasteiger partial charge in [0.1, 0.15) is 5.75 Å². The van der Waals surface area contributed by atoms with Crippen LogP contribution >= 0.6 is 31.9 Å². The van der Waals surface area contributed by atoms with Crippen LogP contribution in [0.15, 0.2) is 46.9 Å². The SMILES string of the molecule is COc1ccc(C(=O)c2ccc(Br)cc2)c(CBr)c1. The zero-order valence-electron chi connectivity index (χ0n) is 10.3. The Morgan fingerprint density at radius 2 is 1.84 bits per heavy atom. The monoisotopic (exact) mass is 382 g/mol. The molecular weight excluding hydrogens is 372 g/mol. The molecule has 0 N–H and O–H groups in total. The van der Waals surface area contributed by atoms with Crippen molar-refractivity contribution in [1.29, 1.82) is 0 Å². The van der Waals surface area contributed by atoms with Gasteiger partial charge in [0.15, 0.2) is 5.78 Å². The van der Waals surface area contributed by atoms with Crippen LogP contribution in [0.5, 0.6) is 5.75 Å². The number of rotatable bonds is 4. The average Bonchev–Trinajstić information content (AvgIpc) is 2.46. The van der Waals surface area contributed by atoms with Crippen molar-refractivity contribution in [1.82, 2.24) is 0 Å². The quantitative estimate of drug-likeness (QED) is 0.570. The highest BCUT2D eigenvalue weighted by molar-refractivity contribution is 9.10. The van der Waals surface area contributed by atoms with Gasteiger partial charge in [0.25, 0.3) is 0 Å². The van der Waals surface area contributed by atoms with E-state index >= 15 is 0 Å². The van der Waals surface area contributed by atoms with Crippen molar-refractivity contribution >= 4 is 37.6 Å². The summed E-state index contributed by atoms with van der Waals surface area (Å²) in [5, 5.41) is 0.613. The maximum Gasteiger partial charge on any atom is 0.193 e. The summed E-state index contributed by atoms with van der Waals surface area (Å²) in [6, 6.07) is 12.8. The number of ketones is 1. The van der Waals surface area contributed by atoms with Crippen LogP contribution in [0.25, 0.3) is 0 Å². The molecule has 4 heteroatoms. The van der Waals surface area contributed by atoms with E-state index in [1.165, 1.54) is 0 Å². The molecule has 0 aliphatic rings. The van der Waals surface area contributed by atoms with E-state index in [1.807, 2.05) is 30.3 Å². The number of carbonyl (C=O) groups excluding carboxylic acids is 1. The minimum atomic E-state index is 0.0182. The number of hydrogen-bond acceptors (Lipinski definition) is 2. The summed E-state index contributed by atoms with van der Waals surface area (Å²) in [5.41, 5.74) is 2.29. The van der Waals surface area contributed by atoms with Crippen molar-refractivity contribution in [3.05, 3.63) is 63.6 Å². The van der Waals surface area contributed by atoms with Gasteiger partial charge in [-0.2, -0.15) is 0 Å². The van der Waals surface area contributed by atoms with Gasteiger partial charge in [0.2, 0.25) is 0 Å². The van der Waals surface area contributed by atoms with E-state index < -0.39 is 0 Å². The van der Waals surface area contributed by atoms with Crippen LogP contribution < -0.4 is 4.74 Å². The number of halogens is 2. The second-order valence-corrected chi connectivity index (χ2v) is 5.47. The number of carbonyl (C=O) groups is 1. The van der Waals surface area contributed by atoms with E-state index in [-0.39, 0.29) is 5.78 Å². The predicted molar refractivity (Wildman–Crippen MR) is 83.2 cm³/mol. The van der Waals surface area contributed by atoms with Gasteiger partial charge >= 0.3 is 0 Å². The van der Waals surface area contributed by atoms with Gasteiger partial charge in [0.05, 0.1) is 7.11 Å². The molecule has 0 atom stereocenters. The van der Waals surface area contributed by atoms with Gasteiger partial charge in [-0.25, -0.2) is 0 Å². The highest BCUT2D eigenvalue weighted by atomic mass is 79.9. The van der Waals surface area contributed by atoms with Crippen LogP contribution in [0, 0.1) is 0 Å². The van der Waals surface area contributed by atoms with Gasteiger partial charge < -0.3 is 4.74 Å². The first-order valence-electron chi connectivity index (χ1n) is 5.69. The Hall–Kier alpha value is -1.13. The Balaban J connectivity index is 2.40. The van der Waals surface area contributed by atoms with Crippen molar-refractivity contribution in [3.8, 4) is 5.75 Å². The smallest absolute Gasteiger partial charge is 0.193 e. The van der Waals surface area contributed by atoms with Gasteiger partial charge in [-0.1, -0.05) is 31.9 Å². The standard InChI is InChI=1S/C15H12Br2O2/c1-19-13-6-7-14(11(8-13)9-16)15(18)10-2-4-12(17)5-3-10/h2-8H,9H2,1H3. The molecule has 0 saturated heterocycles. The van der Waals surface area contributed by atoms with Crippen LogP contribution in [-0.2, 0) is 5.33 Å². The summed E-state index contributed by atoms with van der Waals surface area (Å²) >= 11 is 6.77. The molecule has 0 fully saturated rings. The molecule has 2 aromatic carbocycles. The second kappa shape index (κ2) is 6.35. The van der Waals surface area contributed by atoms with Gasteiger partial charge in [-0.15, -0.1) is 0 Å². The molecule has 0 spiro atoms. The van der Waals surface area contributed by atoms with Crippen molar-refractivity contribution in [2.75, 3.05) is 7.11 Å². The summed E-state index contributed by atoms with van der Waals surface area (Å²) in [4.78, 5) is 12.5. The fraction of sp³-hybridized carbons (Fsp3) is 0.133. The molecule has 0 aliphatic heterocycles. The van der Waals surface area contributed by atoms with E-state index in [4.69, 9.17) is 4.74 Å². The maximum atomic E-state index is 12.5. The third-order valence-corrected chi connectivity index (χ3v) is 3.94. The summed E-state index contributed by atoms with van der Waals surface area (Å²) in [5.74, 6) is 0.770. The lowest BCUT2D eigenvalue weighted by Crippen LogP contribution is -2.05. The number of ether oxygens (including phenoxy) is 1. The molecule has 0 heterocycles. The van der Waals surface area contributed by atoms with E-state index in [0.717, 1.165) is 15.8 Å². The molecule has 0 amide bonds. The van der Waals surface area contributed by atoms with E-state index in [1.54, 1.807) is 19.2 Å². The highest BCUT2D eigenvalue weighted by Gasteiger charge is 2.13. The molecule has 0 unspecified atom stereocenters. The summed E-state index contributed by atoms with van der Waals surface area (Å²) in [6.07, 6.45) is 0. The van der Waals surface area contributed by atoms with Crippen LogP contribution in [0.4, 0.5) is 0 Å². The molecular formula is C15H12Br2O2. The minimum Gasteiger partial charge on any atom is -0.497 e. The number of benzene rings is 2. The highest BCUT2D eigenvalue weighted by Crippen LogP contribution is 2.23. The lowest BCUT2D eigenvalue weighted by molar-refractivity contribution is 0.103. The van der Waals surface area contributed by atoms with Crippen molar-refractivity contribution in [3.63, 3.8) is 0 Å². The molecule has 0 saturated carbocycles. The van der Waals surface area contributed by atoms with Crippen molar-refractivity contribution in [2.45, 2.75) is 5.33 Å². The van der Waals surface area contributed by atoms with Crippen molar-refractivity contribution in [2.24, 2.45) is 0 Å². The predicted octanol–water partition coefficient (Wildman–Crippen LogP) is 4.58. The number of hydrogen-bond donors (Lipinski definition) is 0. The zero-order chi connectivity index (χ0) is 13.8. The zero-order valence-corrected chi connectivity index (χ0v) is 13.5. The first-order chi connectivity index (χ1) is 9.15. The Morgan fingerprint density at radius 3 is 2.42 bits per heavy atom. The molecule has 0 aliphatic carbocycles. The normalized spacial score (nSPS) is 10.3. The topological polar surface area (TPSA) is 26.3 Å². The molecule has 2 nitrogen and oxygen atoms in total. The lowest BCUT2D eigenvalue weighted by Gasteiger charge is -2.09. The Labute approximate surface area is 129 Å². The molecule has 0 radical (unpaired) electrons. The average molecular weight is 384 g/mol. The summed E-state index contributed by atoms with van der Waals surface area (Å²) < 4.78 is 6.13. The Kier molecular flexibility index (Phi) is 4.77. The molecule has 0 aromatic heterocycles. The molecule has 19 heavy (non-hydrogen) atoms. The minimum absolute atomic E-state index is 0.0182. The third-order valence-electron chi connectivity index (χ3n) is 2.81. The van der Waals surface area contributed by atoms with Crippen LogP contribution in [-0.4, -0.2) is 12.9 Å². The Bertz CT molecular complexity index is 592. The first kappa shape index (κ1) is 14.3. The third kappa shape index (κ3) is 3.25. The van der Waals surface area contributed by atoms with Gasteiger partial charge in [0, 0.05) is 20.9 Å². The second-order valence-electron chi connectivity index (χ2n) is 3.99. The fourth-order valence-electron chi connectivity index (χ4n) is 1.79. The Morgan fingerprint density at radius 1 is 1.16 bits per heavy atom. The van der Waals surface area contributed by atoms with Gasteiger partial charge in [-0.3, -0.25) is 4.79 Å². The van der Waals surface area contributed by atoms with Gasteiger partial charge in [-0.05, 0) is 48.0 Å². The van der Waals surface area contributed by atoms with Crippen LogP contribution in [0.2, 0.25) is 0 Å². The van der Waals surface area contributed by atoms with Crippen LogP contribution in [0.3, 0.4) is 0 Å². The van der Waals surface area contributed by atoms with E-state index in [0.29, 0.717) is 16.5 Å². The van der Waals surface area contributed by atoms with E-state index in [2.05, 4.69) is 31.9 Å². The number of alkyl halides is 1. The first-order valence-corrected chi connectivity index (χ1v) is 7.60. The van der Waals surface area contributed by atoms with Crippen molar-refractivity contribution < 1.29 is 9.53 Å². The van der Waals surface area contributed by atoms with Crippen LogP contribution in [0.1, 0.15) is 21.5 Å². The largest absolute Gasteiger partial charge is 0.497 e. The molecule has 98 valence electrons. The summed E-state index contributed by atoms with van der Waals surface area (Å²) in [6.45, 7) is 0. The maximum absolute atomic E-state index is 12.5. The molecule has 2 rings (SSSR count). The molecule has 0 bridgehead atoms. The number of methoxy groups -OCH3 is 1. The molecule has 2 aromatic rings. The van der Waals surface area contributed by atoms with E-state index in [9.17, 15) is 4.79 Å². The lowest BCUT2D eigenvalue weighted by atomic mass is 9.99. The fourth-order valence-corrected chi connectivity index (χ4v) is 2.51.